The second-order valence-electron chi connectivity index (χ2n) is 5.55. The van der Waals surface area contributed by atoms with Crippen LogP contribution >= 0.6 is 22.6 Å². The number of anilines is 1. The van der Waals surface area contributed by atoms with Crippen LogP contribution in [0.5, 0.6) is 0 Å². The summed E-state index contributed by atoms with van der Waals surface area (Å²) in [6, 6.07) is 3.28. The number of aromatic nitrogens is 2. The number of hydrogen-bond donors (Lipinski definition) is 1. The summed E-state index contributed by atoms with van der Waals surface area (Å²) in [5.74, 6) is 0.242. The van der Waals surface area contributed by atoms with Crippen molar-refractivity contribution in [2.45, 2.75) is 25.8 Å². The van der Waals surface area contributed by atoms with Gasteiger partial charge in [-0.3, -0.25) is 0 Å². The van der Waals surface area contributed by atoms with Crippen LogP contribution in [0.25, 0.3) is 11.0 Å². The van der Waals surface area contributed by atoms with E-state index in [1.807, 2.05) is 27.2 Å². The fraction of sp³-hybridized carbons (Fsp3) is 0.500. The lowest BCUT2D eigenvalue weighted by molar-refractivity contribution is 0.167. The van der Waals surface area contributed by atoms with Crippen molar-refractivity contribution in [2.24, 2.45) is 5.41 Å². The number of imidazole rings is 1. The number of hydrogen-bond acceptors (Lipinski definition) is 3. The van der Waals surface area contributed by atoms with Gasteiger partial charge in [0.05, 0.1) is 14.6 Å². The van der Waals surface area contributed by atoms with Crippen LogP contribution in [-0.2, 0) is 11.3 Å². The minimum absolute atomic E-state index is 0.221. The number of ether oxygens (including phenoxy) is 1. The van der Waals surface area contributed by atoms with Gasteiger partial charge in [-0.05, 0) is 53.3 Å². The molecule has 1 fully saturated rings. The van der Waals surface area contributed by atoms with Crippen LogP contribution in [0, 0.1) is 14.8 Å². The maximum absolute atomic E-state index is 13.8. The molecule has 0 bridgehead atoms. The number of fused-ring (bicyclic) bond motifs is 1. The van der Waals surface area contributed by atoms with Crippen molar-refractivity contribution < 1.29 is 9.13 Å². The maximum atomic E-state index is 13.8. The predicted molar refractivity (Wildman–Crippen MR) is 85.0 cm³/mol. The van der Waals surface area contributed by atoms with E-state index in [-0.39, 0.29) is 11.2 Å². The van der Waals surface area contributed by atoms with E-state index in [2.05, 4.69) is 4.98 Å². The molecule has 20 heavy (non-hydrogen) atoms. The highest BCUT2D eigenvalue weighted by molar-refractivity contribution is 14.1. The molecule has 1 aromatic carbocycles. The van der Waals surface area contributed by atoms with Gasteiger partial charge in [0, 0.05) is 26.3 Å². The largest absolute Gasteiger partial charge is 0.385 e. The zero-order chi connectivity index (χ0) is 14.3. The molecule has 2 N–H and O–H groups in total. The monoisotopic (exact) mass is 389 g/mol. The minimum atomic E-state index is -0.221. The highest BCUT2D eigenvalue weighted by atomic mass is 127. The lowest BCUT2D eigenvalue weighted by Crippen LogP contribution is -2.15. The number of halogens is 2. The third kappa shape index (κ3) is 2.50. The zero-order valence-corrected chi connectivity index (χ0v) is 13.5. The highest BCUT2D eigenvalue weighted by Gasteiger charge is 2.42. The van der Waals surface area contributed by atoms with E-state index in [0.29, 0.717) is 9.52 Å². The standard InChI is InChI=1S/C14H17FIN3O/c1-20-5-4-14(2-3-14)8-19-12-6-9(15)10(16)7-11(12)18-13(19)17/h6-7H,2-5,8H2,1H3,(H2,17,18). The summed E-state index contributed by atoms with van der Waals surface area (Å²) in [6.45, 7) is 1.54. The molecule has 2 aromatic rings. The van der Waals surface area contributed by atoms with Crippen LogP contribution in [0.15, 0.2) is 12.1 Å². The number of methoxy groups -OCH3 is 1. The molecule has 3 rings (SSSR count). The number of nitrogens with two attached hydrogens (primary N) is 1. The lowest BCUT2D eigenvalue weighted by atomic mass is 10.0. The molecular weight excluding hydrogens is 372 g/mol. The Morgan fingerprint density at radius 3 is 2.90 bits per heavy atom. The molecule has 0 saturated heterocycles. The van der Waals surface area contributed by atoms with Crippen molar-refractivity contribution in [3.63, 3.8) is 0 Å². The molecule has 6 heteroatoms. The average molecular weight is 389 g/mol. The van der Waals surface area contributed by atoms with E-state index in [0.717, 1.165) is 30.6 Å². The first-order valence-corrected chi connectivity index (χ1v) is 7.72. The van der Waals surface area contributed by atoms with E-state index in [1.54, 1.807) is 13.2 Å². The smallest absolute Gasteiger partial charge is 0.201 e. The first kappa shape index (κ1) is 14.1. The number of rotatable bonds is 5. The topological polar surface area (TPSA) is 53.1 Å². The van der Waals surface area contributed by atoms with E-state index in [9.17, 15) is 4.39 Å². The zero-order valence-electron chi connectivity index (χ0n) is 11.3. The predicted octanol–water partition coefficient (Wildman–Crippen LogP) is 3.18. The van der Waals surface area contributed by atoms with E-state index < -0.39 is 0 Å². The second kappa shape index (κ2) is 5.14. The van der Waals surface area contributed by atoms with Gasteiger partial charge in [-0.15, -0.1) is 0 Å². The SMILES string of the molecule is COCCC1(Cn2c(N)nc3cc(I)c(F)cc32)CC1. The fourth-order valence-corrected chi connectivity index (χ4v) is 3.07. The Balaban J connectivity index is 1.95. The Kier molecular flexibility index (Phi) is 3.62. The molecule has 1 aliphatic rings. The van der Waals surface area contributed by atoms with Crippen molar-refractivity contribution in [2.75, 3.05) is 19.5 Å². The van der Waals surface area contributed by atoms with Gasteiger partial charge in [-0.2, -0.15) is 0 Å². The van der Waals surface area contributed by atoms with Gasteiger partial charge in [0.15, 0.2) is 0 Å². The van der Waals surface area contributed by atoms with E-state index in [4.69, 9.17) is 10.5 Å². The molecule has 0 aliphatic heterocycles. The van der Waals surface area contributed by atoms with Crippen LogP contribution in [0.2, 0.25) is 0 Å². The molecule has 1 heterocycles. The van der Waals surface area contributed by atoms with Gasteiger partial charge < -0.3 is 15.0 Å². The number of benzene rings is 1. The summed E-state index contributed by atoms with van der Waals surface area (Å²) >= 11 is 1.97. The summed E-state index contributed by atoms with van der Waals surface area (Å²) in [5.41, 5.74) is 7.80. The Labute approximate surface area is 130 Å². The van der Waals surface area contributed by atoms with Gasteiger partial charge in [-0.1, -0.05) is 0 Å². The molecule has 108 valence electrons. The summed E-state index contributed by atoms with van der Waals surface area (Å²) in [5, 5.41) is 0. The van der Waals surface area contributed by atoms with Crippen LogP contribution in [-0.4, -0.2) is 23.3 Å². The lowest BCUT2D eigenvalue weighted by Gasteiger charge is -2.17. The van der Waals surface area contributed by atoms with Gasteiger partial charge in [0.25, 0.3) is 0 Å². The second-order valence-corrected chi connectivity index (χ2v) is 6.72. The Hall–Kier alpha value is -0.890. The quantitative estimate of drug-likeness (QED) is 0.800. The average Bonchev–Trinajstić information content (AvgIpc) is 3.12. The van der Waals surface area contributed by atoms with Crippen LogP contribution in [0.1, 0.15) is 19.3 Å². The van der Waals surface area contributed by atoms with Crippen molar-refractivity contribution in [3.8, 4) is 0 Å². The van der Waals surface area contributed by atoms with E-state index >= 15 is 0 Å². The highest BCUT2D eigenvalue weighted by Crippen LogP contribution is 2.50. The van der Waals surface area contributed by atoms with Gasteiger partial charge in [0.2, 0.25) is 5.95 Å². The first-order chi connectivity index (χ1) is 9.54. The fourth-order valence-electron chi connectivity index (χ4n) is 2.62. The molecule has 0 spiro atoms. The molecular formula is C14H17FIN3O. The number of nitrogen functional groups attached to an aromatic ring is 1. The summed E-state index contributed by atoms with van der Waals surface area (Å²) < 4.78 is 21.5. The third-order valence-electron chi connectivity index (χ3n) is 4.11. The Bertz CT molecular complexity index is 651. The van der Waals surface area contributed by atoms with Crippen molar-refractivity contribution >= 4 is 39.6 Å². The van der Waals surface area contributed by atoms with Gasteiger partial charge in [0.1, 0.15) is 5.82 Å². The molecule has 1 aromatic heterocycles. The molecule has 0 unspecified atom stereocenters. The number of nitrogens with zero attached hydrogens (tertiary/aromatic N) is 2. The van der Waals surface area contributed by atoms with Crippen molar-refractivity contribution in [1.82, 2.24) is 9.55 Å². The molecule has 0 radical (unpaired) electrons. The van der Waals surface area contributed by atoms with Gasteiger partial charge in [-0.25, -0.2) is 9.37 Å². The third-order valence-corrected chi connectivity index (χ3v) is 4.93. The molecule has 1 saturated carbocycles. The van der Waals surface area contributed by atoms with Crippen LogP contribution < -0.4 is 5.73 Å². The molecule has 4 nitrogen and oxygen atoms in total. The van der Waals surface area contributed by atoms with Crippen LogP contribution in [0.4, 0.5) is 10.3 Å². The van der Waals surface area contributed by atoms with Crippen molar-refractivity contribution in [1.29, 1.82) is 0 Å². The van der Waals surface area contributed by atoms with Crippen LogP contribution in [0.3, 0.4) is 0 Å². The van der Waals surface area contributed by atoms with E-state index in [1.165, 1.54) is 18.9 Å². The normalized spacial score (nSPS) is 16.8. The summed E-state index contributed by atoms with van der Waals surface area (Å²) in [4.78, 5) is 4.35. The van der Waals surface area contributed by atoms with Crippen molar-refractivity contribution in [3.05, 3.63) is 21.5 Å². The molecule has 0 atom stereocenters. The summed E-state index contributed by atoms with van der Waals surface area (Å²) in [6.07, 6.45) is 3.35. The molecule has 1 aliphatic carbocycles. The van der Waals surface area contributed by atoms with Gasteiger partial charge >= 0.3 is 0 Å². The maximum Gasteiger partial charge on any atom is 0.201 e. The Morgan fingerprint density at radius 1 is 1.50 bits per heavy atom. The summed E-state index contributed by atoms with van der Waals surface area (Å²) in [7, 11) is 1.72. The first-order valence-electron chi connectivity index (χ1n) is 6.64. The molecule has 0 amide bonds. The minimum Gasteiger partial charge on any atom is -0.385 e. The Morgan fingerprint density at radius 2 is 2.25 bits per heavy atom.